The van der Waals surface area contributed by atoms with E-state index >= 15 is 0 Å². The smallest absolute Gasteiger partial charge is 0.269 e. The molecule has 21 heavy (non-hydrogen) atoms. The molecule has 0 aromatic heterocycles. The molecule has 1 amide bonds. The van der Waals surface area contributed by atoms with E-state index in [1.807, 2.05) is 4.90 Å². The number of carbonyl (C=O) groups excluding carboxylic acids is 1. The molecule has 2 unspecified atom stereocenters. The maximum atomic E-state index is 11.9. The predicted molar refractivity (Wildman–Crippen MR) is 74.4 cm³/mol. The third-order valence-corrected chi connectivity index (χ3v) is 4.51. The molecule has 0 spiro atoms. The molecule has 2 aliphatic heterocycles. The van der Waals surface area contributed by atoms with E-state index in [1.54, 1.807) is 6.07 Å². The van der Waals surface area contributed by atoms with Crippen LogP contribution in [0.1, 0.15) is 18.4 Å². The minimum absolute atomic E-state index is 0.0392. The van der Waals surface area contributed by atoms with Crippen molar-refractivity contribution in [3.63, 3.8) is 0 Å². The number of fused-ring (bicyclic) bond motifs is 3. The van der Waals surface area contributed by atoms with Crippen LogP contribution in [0.5, 0.6) is 0 Å². The molecule has 1 fully saturated rings. The number of rotatable bonds is 2. The molecule has 1 aromatic carbocycles. The van der Waals surface area contributed by atoms with Crippen LogP contribution in [0.3, 0.4) is 0 Å². The second-order valence-corrected chi connectivity index (χ2v) is 5.55. The van der Waals surface area contributed by atoms with Gasteiger partial charge in [-0.05, 0) is 24.5 Å². The zero-order chi connectivity index (χ0) is 15.2. The summed E-state index contributed by atoms with van der Waals surface area (Å²) in [6.45, 7) is 0.728. The van der Waals surface area contributed by atoms with Gasteiger partial charge in [-0.25, -0.2) is 0 Å². The van der Waals surface area contributed by atoms with Gasteiger partial charge in [-0.2, -0.15) is 5.26 Å². The molecule has 2 heterocycles. The van der Waals surface area contributed by atoms with Gasteiger partial charge in [0, 0.05) is 30.8 Å². The molecule has 108 valence electrons. The average molecular weight is 286 g/mol. The van der Waals surface area contributed by atoms with E-state index in [0.29, 0.717) is 5.56 Å². The lowest BCUT2D eigenvalue weighted by molar-refractivity contribution is -0.384. The monoisotopic (exact) mass is 286 g/mol. The minimum Gasteiger partial charge on any atom is -0.368 e. The second kappa shape index (κ2) is 4.45. The van der Waals surface area contributed by atoms with Crippen molar-refractivity contribution in [2.75, 3.05) is 11.4 Å². The summed E-state index contributed by atoms with van der Waals surface area (Å²) in [5.41, 5.74) is 5.67. The van der Waals surface area contributed by atoms with Gasteiger partial charge < -0.3 is 10.6 Å². The maximum absolute atomic E-state index is 11.9. The van der Waals surface area contributed by atoms with Crippen molar-refractivity contribution in [1.82, 2.24) is 0 Å². The first kappa shape index (κ1) is 13.4. The van der Waals surface area contributed by atoms with Crippen LogP contribution in [-0.4, -0.2) is 23.4 Å². The lowest BCUT2D eigenvalue weighted by Gasteiger charge is -2.42. The van der Waals surface area contributed by atoms with Crippen LogP contribution >= 0.6 is 0 Å². The van der Waals surface area contributed by atoms with Gasteiger partial charge in [-0.3, -0.25) is 14.9 Å². The van der Waals surface area contributed by atoms with Gasteiger partial charge in [0.15, 0.2) is 5.41 Å². The Hall–Kier alpha value is -2.62. The summed E-state index contributed by atoms with van der Waals surface area (Å²) in [5, 5.41) is 20.5. The number of nitrogens with two attached hydrogens (primary N) is 1. The highest BCUT2D eigenvalue weighted by Gasteiger charge is 2.53. The number of carbonyl (C=O) groups is 1. The first-order valence-corrected chi connectivity index (χ1v) is 6.75. The third-order valence-electron chi connectivity index (χ3n) is 4.51. The molecule has 0 radical (unpaired) electrons. The molecule has 7 heteroatoms. The number of anilines is 1. The highest BCUT2D eigenvalue weighted by Crippen LogP contribution is 2.46. The Bertz CT molecular complexity index is 681. The van der Waals surface area contributed by atoms with Crippen molar-refractivity contribution >= 4 is 17.3 Å². The molecular weight excluding hydrogens is 272 g/mol. The highest BCUT2D eigenvalue weighted by atomic mass is 16.6. The summed E-state index contributed by atoms with van der Waals surface area (Å²) in [7, 11) is 0. The molecule has 3 rings (SSSR count). The van der Waals surface area contributed by atoms with E-state index < -0.39 is 16.2 Å². The molecule has 0 aliphatic carbocycles. The summed E-state index contributed by atoms with van der Waals surface area (Å²) in [4.78, 5) is 24.4. The molecular formula is C14H14N4O3. The van der Waals surface area contributed by atoms with Crippen LogP contribution in [0.25, 0.3) is 0 Å². The lowest BCUT2D eigenvalue weighted by Crippen LogP contribution is -2.55. The van der Waals surface area contributed by atoms with E-state index in [4.69, 9.17) is 5.73 Å². The summed E-state index contributed by atoms with van der Waals surface area (Å²) >= 11 is 0. The van der Waals surface area contributed by atoms with Crippen LogP contribution in [0.4, 0.5) is 11.4 Å². The van der Waals surface area contributed by atoms with Gasteiger partial charge in [-0.15, -0.1) is 0 Å². The number of primary amides is 1. The van der Waals surface area contributed by atoms with Gasteiger partial charge in [0.25, 0.3) is 5.69 Å². The number of hydrogen-bond acceptors (Lipinski definition) is 5. The van der Waals surface area contributed by atoms with Gasteiger partial charge >= 0.3 is 0 Å². The first-order chi connectivity index (χ1) is 9.99. The Morgan fingerprint density at radius 3 is 2.95 bits per heavy atom. The molecule has 1 aromatic rings. The molecule has 0 bridgehead atoms. The van der Waals surface area contributed by atoms with Crippen LogP contribution in [0, 0.1) is 26.9 Å². The van der Waals surface area contributed by atoms with Gasteiger partial charge in [0.05, 0.1) is 17.0 Å². The maximum Gasteiger partial charge on any atom is 0.269 e. The fraction of sp³-hybridized carbons (Fsp3) is 0.429. The zero-order valence-corrected chi connectivity index (χ0v) is 11.3. The number of nitro benzene ring substituents is 1. The molecule has 1 saturated heterocycles. The molecule has 2 N–H and O–H groups in total. The van der Waals surface area contributed by atoms with Crippen LogP contribution < -0.4 is 10.6 Å². The predicted octanol–water partition coefficient (Wildman–Crippen LogP) is 1.11. The van der Waals surface area contributed by atoms with Crippen molar-refractivity contribution in [2.24, 2.45) is 11.1 Å². The summed E-state index contributed by atoms with van der Waals surface area (Å²) < 4.78 is 0. The SMILES string of the molecule is N#CC1(C(N)=O)Cc2cc([N+](=O)[O-])ccc2N2CCCC21. The number of non-ortho nitro benzene ring substituents is 1. The quantitative estimate of drug-likeness (QED) is 0.646. The fourth-order valence-electron chi connectivity index (χ4n) is 3.51. The van der Waals surface area contributed by atoms with Crippen molar-refractivity contribution in [1.29, 1.82) is 5.26 Å². The van der Waals surface area contributed by atoms with Crippen LogP contribution in [-0.2, 0) is 11.2 Å². The van der Waals surface area contributed by atoms with E-state index in [9.17, 15) is 20.2 Å². The Balaban J connectivity index is 2.17. The van der Waals surface area contributed by atoms with E-state index in [1.165, 1.54) is 12.1 Å². The second-order valence-electron chi connectivity index (χ2n) is 5.55. The Kier molecular flexibility index (Phi) is 2.83. The summed E-state index contributed by atoms with van der Waals surface area (Å²) in [6.07, 6.45) is 1.74. The molecule has 0 saturated carbocycles. The van der Waals surface area contributed by atoms with E-state index in [2.05, 4.69) is 6.07 Å². The van der Waals surface area contributed by atoms with Gasteiger partial charge in [0.2, 0.25) is 5.91 Å². The zero-order valence-electron chi connectivity index (χ0n) is 11.3. The number of benzene rings is 1. The highest BCUT2D eigenvalue weighted by molar-refractivity contribution is 5.87. The Morgan fingerprint density at radius 1 is 1.57 bits per heavy atom. The van der Waals surface area contributed by atoms with E-state index in [0.717, 1.165) is 25.1 Å². The molecule has 2 aliphatic rings. The average Bonchev–Trinajstić information content (AvgIpc) is 2.95. The third kappa shape index (κ3) is 1.76. The summed E-state index contributed by atoms with van der Waals surface area (Å²) in [6, 6.07) is 6.45. The van der Waals surface area contributed by atoms with Crippen molar-refractivity contribution < 1.29 is 9.72 Å². The first-order valence-electron chi connectivity index (χ1n) is 6.75. The number of nitro groups is 1. The summed E-state index contributed by atoms with van der Waals surface area (Å²) in [5.74, 6) is -0.654. The standard InChI is InChI=1S/C14H14N4O3/c15-8-14(13(16)19)7-9-6-10(18(20)21)3-4-11(9)17-5-1-2-12(14)17/h3-4,6,12H,1-2,5,7H2,(H2,16,19). The van der Waals surface area contributed by atoms with Crippen LogP contribution in [0.2, 0.25) is 0 Å². The van der Waals surface area contributed by atoms with Gasteiger partial charge in [0.1, 0.15) is 0 Å². The number of nitriles is 1. The largest absolute Gasteiger partial charge is 0.368 e. The van der Waals surface area contributed by atoms with Crippen LogP contribution in [0.15, 0.2) is 18.2 Å². The number of nitrogens with zero attached hydrogens (tertiary/aromatic N) is 3. The minimum atomic E-state index is -1.31. The van der Waals surface area contributed by atoms with Crippen molar-refractivity contribution in [3.8, 4) is 6.07 Å². The Labute approximate surface area is 121 Å². The number of hydrogen-bond donors (Lipinski definition) is 1. The number of amides is 1. The van der Waals surface area contributed by atoms with Gasteiger partial charge in [-0.1, -0.05) is 0 Å². The lowest BCUT2D eigenvalue weighted by atomic mass is 9.71. The molecule has 7 nitrogen and oxygen atoms in total. The fourth-order valence-corrected chi connectivity index (χ4v) is 3.51. The normalized spacial score (nSPS) is 26.6. The molecule has 2 atom stereocenters. The van der Waals surface area contributed by atoms with E-state index in [-0.39, 0.29) is 18.2 Å². The van der Waals surface area contributed by atoms with Crippen molar-refractivity contribution in [2.45, 2.75) is 25.3 Å². The Morgan fingerprint density at radius 2 is 2.33 bits per heavy atom. The van der Waals surface area contributed by atoms with Crippen molar-refractivity contribution in [3.05, 3.63) is 33.9 Å². The topological polar surface area (TPSA) is 113 Å².